The molecule has 5 rings (SSSR count). The molecule has 5 atom stereocenters. The molecule has 2 aromatic rings. The second-order valence-corrected chi connectivity index (χ2v) is 9.45. The van der Waals surface area contributed by atoms with Gasteiger partial charge in [0.1, 0.15) is 6.04 Å². The summed E-state index contributed by atoms with van der Waals surface area (Å²) in [5.74, 6) is -0.611. The lowest BCUT2D eigenvalue weighted by molar-refractivity contribution is -0.147. The van der Waals surface area contributed by atoms with Crippen molar-refractivity contribution in [3.05, 3.63) is 64.7 Å². The van der Waals surface area contributed by atoms with Gasteiger partial charge in [0.2, 0.25) is 17.7 Å². The van der Waals surface area contributed by atoms with Crippen molar-refractivity contribution in [2.24, 2.45) is 23.7 Å². The molecule has 1 aliphatic heterocycles. The monoisotopic (exact) mass is 436 g/mol. The van der Waals surface area contributed by atoms with Crippen molar-refractivity contribution in [1.82, 2.24) is 4.90 Å². The van der Waals surface area contributed by atoms with Crippen LogP contribution < -0.4 is 5.32 Å². The molecule has 3 amide bonds. The molecule has 1 heterocycles. The summed E-state index contributed by atoms with van der Waals surface area (Å²) in [6, 6.07) is 14.0. The number of hydrogen-bond acceptors (Lipinski definition) is 3. The second kappa shape index (κ2) is 7.79. The molecular formula is C25H25ClN2O3. The van der Waals surface area contributed by atoms with Crippen LogP contribution in [-0.4, -0.2) is 28.7 Å². The first-order valence-corrected chi connectivity index (χ1v) is 11.3. The minimum absolute atomic E-state index is 0.166. The van der Waals surface area contributed by atoms with Gasteiger partial charge in [-0.3, -0.25) is 19.3 Å². The van der Waals surface area contributed by atoms with Gasteiger partial charge >= 0.3 is 0 Å². The second-order valence-electron chi connectivity index (χ2n) is 9.04. The zero-order valence-electron chi connectivity index (χ0n) is 17.4. The fourth-order valence-corrected chi connectivity index (χ4v) is 6.01. The number of imide groups is 1. The Morgan fingerprint density at radius 3 is 2.32 bits per heavy atom. The number of rotatable bonds is 5. The number of fused-ring (bicyclic) bond motifs is 5. The van der Waals surface area contributed by atoms with E-state index in [4.69, 9.17) is 11.6 Å². The van der Waals surface area contributed by atoms with Gasteiger partial charge in [-0.25, -0.2) is 0 Å². The third-order valence-corrected chi connectivity index (χ3v) is 7.78. The maximum atomic E-state index is 13.5. The molecule has 31 heavy (non-hydrogen) atoms. The van der Waals surface area contributed by atoms with E-state index in [1.807, 2.05) is 37.3 Å². The number of amides is 3. The highest BCUT2D eigenvalue weighted by Crippen LogP contribution is 2.56. The van der Waals surface area contributed by atoms with Crippen molar-refractivity contribution in [1.29, 1.82) is 0 Å². The molecule has 3 aliphatic rings. The van der Waals surface area contributed by atoms with E-state index < -0.39 is 6.04 Å². The van der Waals surface area contributed by atoms with Crippen LogP contribution >= 0.6 is 11.6 Å². The number of anilines is 1. The van der Waals surface area contributed by atoms with Crippen LogP contribution in [0.1, 0.15) is 30.4 Å². The van der Waals surface area contributed by atoms with Gasteiger partial charge in [0.25, 0.3) is 0 Å². The SMILES string of the molecule is Cc1c(Cl)cccc1NC(=O)[C@H](Cc1ccccc1)N1C(=O)[C@@H]2[C@@H]3CC[C@@H](C3)[C@@H]2C1=O. The Morgan fingerprint density at radius 2 is 1.68 bits per heavy atom. The summed E-state index contributed by atoms with van der Waals surface area (Å²) in [7, 11) is 0. The lowest BCUT2D eigenvalue weighted by Crippen LogP contribution is -2.49. The lowest BCUT2D eigenvalue weighted by Gasteiger charge is -2.27. The van der Waals surface area contributed by atoms with Crippen LogP contribution in [-0.2, 0) is 20.8 Å². The van der Waals surface area contributed by atoms with E-state index in [0.717, 1.165) is 30.4 Å². The third-order valence-electron chi connectivity index (χ3n) is 7.37. The number of halogens is 1. The third kappa shape index (κ3) is 3.35. The van der Waals surface area contributed by atoms with Gasteiger partial charge in [-0.15, -0.1) is 0 Å². The maximum absolute atomic E-state index is 13.5. The van der Waals surface area contributed by atoms with Gasteiger partial charge in [-0.1, -0.05) is 48.0 Å². The van der Waals surface area contributed by atoms with Crippen molar-refractivity contribution in [3.8, 4) is 0 Å². The molecule has 0 spiro atoms. The first-order chi connectivity index (χ1) is 15.0. The molecule has 2 saturated carbocycles. The van der Waals surface area contributed by atoms with E-state index >= 15 is 0 Å². The summed E-state index contributed by atoms with van der Waals surface area (Å²) < 4.78 is 0. The Labute approximate surface area is 186 Å². The summed E-state index contributed by atoms with van der Waals surface area (Å²) in [5, 5.41) is 3.48. The normalized spacial score (nSPS) is 27.5. The fourth-order valence-electron chi connectivity index (χ4n) is 5.84. The average molecular weight is 437 g/mol. The molecule has 2 aromatic carbocycles. The van der Waals surface area contributed by atoms with Crippen LogP contribution in [0.25, 0.3) is 0 Å². The van der Waals surface area contributed by atoms with Crippen LogP contribution in [0.3, 0.4) is 0 Å². The zero-order valence-corrected chi connectivity index (χ0v) is 18.1. The number of nitrogens with zero attached hydrogens (tertiary/aromatic N) is 1. The van der Waals surface area contributed by atoms with Gasteiger partial charge in [-0.05, 0) is 61.3 Å². The molecule has 5 nitrogen and oxygen atoms in total. The first kappa shape index (κ1) is 20.3. The Bertz CT molecular complexity index is 1030. The predicted molar refractivity (Wildman–Crippen MR) is 118 cm³/mol. The molecule has 6 heteroatoms. The van der Waals surface area contributed by atoms with E-state index in [9.17, 15) is 14.4 Å². The molecule has 0 aromatic heterocycles. The van der Waals surface area contributed by atoms with E-state index in [-0.39, 0.29) is 41.4 Å². The van der Waals surface area contributed by atoms with Crippen molar-refractivity contribution < 1.29 is 14.4 Å². The van der Waals surface area contributed by atoms with Gasteiger partial charge in [0, 0.05) is 17.1 Å². The number of likely N-dealkylation sites (tertiary alicyclic amines) is 1. The molecule has 3 fully saturated rings. The first-order valence-electron chi connectivity index (χ1n) is 10.9. The van der Waals surface area contributed by atoms with Gasteiger partial charge < -0.3 is 5.32 Å². The molecule has 1 N–H and O–H groups in total. The van der Waals surface area contributed by atoms with Crippen molar-refractivity contribution in [3.63, 3.8) is 0 Å². The minimum Gasteiger partial charge on any atom is -0.324 e. The Morgan fingerprint density at radius 1 is 1.03 bits per heavy atom. The number of carbonyl (C=O) groups is 3. The smallest absolute Gasteiger partial charge is 0.248 e. The van der Waals surface area contributed by atoms with Gasteiger partial charge in [0.05, 0.1) is 11.8 Å². The standard InChI is InChI=1S/C25H25ClN2O3/c1-14-18(26)8-5-9-19(14)27-23(29)20(12-15-6-3-2-4-7-15)28-24(30)21-16-10-11-17(13-16)22(21)25(28)31/h2-9,16-17,20-22H,10-13H2,1H3,(H,27,29)/t16-,17+,20-,21-,22+/m0/s1. The summed E-state index contributed by atoms with van der Waals surface area (Å²) in [4.78, 5) is 41.5. The molecular weight excluding hydrogens is 412 g/mol. The highest BCUT2D eigenvalue weighted by molar-refractivity contribution is 6.31. The van der Waals surface area contributed by atoms with E-state index in [1.165, 1.54) is 4.90 Å². The minimum atomic E-state index is -0.884. The van der Waals surface area contributed by atoms with Gasteiger partial charge in [-0.2, -0.15) is 0 Å². The van der Waals surface area contributed by atoms with Crippen LogP contribution in [0.5, 0.6) is 0 Å². The van der Waals surface area contributed by atoms with E-state index in [1.54, 1.807) is 18.2 Å². The van der Waals surface area contributed by atoms with Crippen LogP contribution in [0, 0.1) is 30.6 Å². The van der Waals surface area contributed by atoms with Crippen LogP contribution in [0.15, 0.2) is 48.5 Å². The lowest BCUT2D eigenvalue weighted by atomic mass is 9.81. The van der Waals surface area contributed by atoms with Crippen molar-refractivity contribution in [2.75, 3.05) is 5.32 Å². The highest BCUT2D eigenvalue weighted by Gasteiger charge is 2.62. The summed E-state index contributed by atoms with van der Waals surface area (Å²) in [5.41, 5.74) is 2.26. The summed E-state index contributed by atoms with van der Waals surface area (Å²) in [6.07, 6.45) is 3.28. The molecule has 0 radical (unpaired) electrons. The quantitative estimate of drug-likeness (QED) is 0.713. The highest BCUT2D eigenvalue weighted by atomic mass is 35.5. The largest absolute Gasteiger partial charge is 0.324 e. The van der Waals surface area contributed by atoms with Crippen LogP contribution in [0.4, 0.5) is 5.69 Å². The maximum Gasteiger partial charge on any atom is 0.248 e. The molecule has 1 saturated heterocycles. The Balaban J connectivity index is 1.47. The molecule has 2 bridgehead atoms. The number of benzene rings is 2. The average Bonchev–Trinajstić information content (AvgIpc) is 3.45. The topological polar surface area (TPSA) is 66.5 Å². The van der Waals surface area contributed by atoms with Gasteiger partial charge in [0.15, 0.2) is 0 Å². The van der Waals surface area contributed by atoms with E-state index in [0.29, 0.717) is 17.1 Å². The fraction of sp³-hybridized carbons (Fsp3) is 0.400. The predicted octanol–water partition coefficient (Wildman–Crippen LogP) is 4.23. The summed E-state index contributed by atoms with van der Waals surface area (Å²) >= 11 is 6.21. The van der Waals surface area contributed by atoms with Crippen molar-refractivity contribution >= 4 is 35.0 Å². The number of nitrogens with one attached hydrogen (secondary N) is 1. The summed E-state index contributed by atoms with van der Waals surface area (Å²) in [6.45, 7) is 1.83. The molecule has 2 aliphatic carbocycles. The molecule has 0 unspecified atom stereocenters. The van der Waals surface area contributed by atoms with Crippen LogP contribution in [0.2, 0.25) is 5.02 Å². The molecule has 160 valence electrons. The van der Waals surface area contributed by atoms with E-state index in [2.05, 4.69) is 5.32 Å². The Hall–Kier alpha value is -2.66. The zero-order chi connectivity index (χ0) is 21.7. The number of carbonyl (C=O) groups excluding carboxylic acids is 3. The number of hydrogen-bond donors (Lipinski definition) is 1. The van der Waals surface area contributed by atoms with Crippen molar-refractivity contribution in [2.45, 2.75) is 38.6 Å². The Kier molecular flexibility index (Phi) is 5.09.